The van der Waals surface area contributed by atoms with Gasteiger partial charge in [-0.25, -0.2) is 0 Å². The molecule has 5 atom stereocenters. The van der Waals surface area contributed by atoms with E-state index in [1.807, 2.05) is 12.1 Å². The summed E-state index contributed by atoms with van der Waals surface area (Å²) < 4.78 is 21.3. The molecule has 5 N–H and O–H groups in total. The number of hydrogen-bond acceptors (Lipinski definition) is 9. The molecule has 32 heavy (non-hydrogen) atoms. The van der Waals surface area contributed by atoms with E-state index in [9.17, 15) is 25.2 Å². The number of hydrogen-bond donors (Lipinski definition) is 5. The molecule has 1 aliphatic heterocycles. The summed E-state index contributed by atoms with van der Waals surface area (Å²) in [7, 11) is 3.02. The zero-order valence-electron chi connectivity index (χ0n) is 17.7. The predicted octanol–water partition coefficient (Wildman–Crippen LogP) is -0.187. The lowest BCUT2D eigenvalue weighted by Gasteiger charge is -2.39. The van der Waals surface area contributed by atoms with Crippen LogP contribution in [0.25, 0.3) is 0 Å². The van der Waals surface area contributed by atoms with E-state index in [1.54, 1.807) is 25.3 Å². The number of aliphatic hydroxyl groups excluding tert-OH is 4. The Morgan fingerprint density at radius 1 is 0.969 bits per heavy atom. The van der Waals surface area contributed by atoms with Crippen LogP contribution in [0.2, 0.25) is 0 Å². The number of aliphatic hydroxyl groups is 4. The van der Waals surface area contributed by atoms with Crippen LogP contribution in [-0.4, -0.2) is 77.9 Å². The van der Waals surface area contributed by atoms with Gasteiger partial charge in [0.2, 0.25) is 6.29 Å². The number of ether oxygens (including phenoxy) is 4. The molecule has 0 spiro atoms. The van der Waals surface area contributed by atoms with E-state index in [-0.39, 0.29) is 17.9 Å². The molecule has 1 aliphatic rings. The lowest BCUT2D eigenvalue weighted by molar-refractivity contribution is -0.277. The van der Waals surface area contributed by atoms with Crippen molar-refractivity contribution in [2.24, 2.45) is 0 Å². The molecule has 0 aliphatic carbocycles. The minimum Gasteiger partial charge on any atom is -0.497 e. The second kappa shape index (κ2) is 10.6. The fourth-order valence-electron chi connectivity index (χ4n) is 3.23. The van der Waals surface area contributed by atoms with Crippen LogP contribution in [0.5, 0.6) is 17.2 Å². The number of carbonyl (C=O) groups is 1. The fourth-order valence-corrected chi connectivity index (χ4v) is 3.23. The molecule has 0 aromatic heterocycles. The molecule has 0 radical (unpaired) electrons. The minimum atomic E-state index is -1.61. The summed E-state index contributed by atoms with van der Waals surface area (Å²) in [5.74, 6) is 0.686. The highest BCUT2D eigenvalue weighted by Crippen LogP contribution is 2.29. The van der Waals surface area contributed by atoms with Crippen molar-refractivity contribution in [1.82, 2.24) is 5.32 Å². The van der Waals surface area contributed by atoms with Crippen molar-refractivity contribution in [2.45, 2.75) is 37.3 Å². The molecular weight excluding hydrogens is 422 g/mol. The van der Waals surface area contributed by atoms with E-state index in [1.165, 1.54) is 19.2 Å². The zero-order chi connectivity index (χ0) is 23.3. The number of nitrogens with one attached hydrogen (secondary N) is 1. The summed E-state index contributed by atoms with van der Waals surface area (Å²) in [6.45, 7) is -0.359. The number of benzene rings is 2. The first-order chi connectivity index (χ1) is 15.4. The summed E-state index contributed by atoms with van der Waals surface area (Å²) in [6.07, 6.45) is -7.28. The molecule has 1 heterocycles. The Kier molecular flexibility index (Phi) is 7.89. The Balaban J connectivity index is 1.77. The molecule has 2 aromatic rings. The van der Waals surface area contributed by atoms with Gasteiger partial charge in [0.1, 0.15) is 41.7 Å². The van der Waals surface area contributed by atoms with Gasteiger partial charge in [-0.2, -0.15) is 0 Å². The normalized spacial score (nSPS) is 25.1. The second-order valence-corrected chi connectivity index (χ2v) is 7.21. The van der Waals surface area contributed by atoms with Crippen LogP contribution in [-0.2, 0) is 11.3 Å². The van der Waals surface area contributed by atoms with Crippen LogP contribution in [0, 0.1) is 0 Å². The summed E-state index contributed by atoms with van der Waals surface area (Å²) in [5.41, 5.74) is 0.952. The third-order valence-corrected chi connectivity index (χ3v) is 5.14. The quantitative estimate of drug-likeness (QED) is 0.370. The summed E-state index contributed by atoms with van der Waals surface area (Å²) in [6, 6.07) is 11.7. The van der Waals surface area contributed by atoms with Crippen LogP contribution < -0.4 is 19.5 Å². The molecule has 0 unspecified atom stereocenters. The highest BCUT2D eigenvalue weighted by Gasteiger charge is 2.45. The summed E-state index contributed by atoms with van der Waals surface area (Å²) in [5, 5.41) is 42.3. The Hall–Kier alpha value is -2.89. The minimum absolute atomic E-state index is 0.0577. The molecular formula is C22H27NO9. The van der Waals surface area contributed by atoms with Gasteiger partial charge in [0, 0.05) is 6.54 Å². The van der Waals surface area contributed by atoms with Crippen LogP contribution >= 0.6 is 0 Å². The van der Waals surface area contributed by atoms with Crippen molar-refractivity contribution in [1.29, 1.82) is 0 Å². The monoisotopic (exact) mass is 449 g/mol. The molecule has 0 saturated carbocycles. The summed E-state index contributed by atoms with van der Waals surface area (Å²) >= 11 is 0. The molecule has 2 aromatic carbocycles. The van der Waals surface area contributed by atoms with Gasteiger partial charge in [0.05, 0.1) is 26.4 Å². The van der Waals surface area contributed by atoms with Crippen molar-refractivity contribution in [2.75, 3.05) is 20.8 Å². The number of carbonyl (C=O) groups excluding carboxylic acids is 1. The van der Waals surface area contributed by atoms with E-state index in [2.05, 4.69) is 5.32 Å². The largest absolute Gasteiger partial charge is 0.497 e. The zero-order valence-corrected chi connectivity index (χ0v) is 17.7. The van der Waals surface area contributed by atoms with Crippen molar-refractivity contribution in [3.05, 3.63) is 53.6 Å². The maximum atomic E-state index is 12.9. The third kappa shape index (κ3) is 5.29. The van der Waals surface area contributed by atoms with E-state index in [4.69, 9.17) is 18.9 Å². The molecule has 1 amide bonds. The SMILES string of the molecule is COc1ccc(CNC(=O)c2cc(OC)ccc2O[C@@H]2O[C@H](CO)[C@@H](O)[C@H](O)[C@H]2O)cc1. The fraction of sp³-hybridized carbons (Fsp3) is 0.409. The van der Waals surface area contributed by atoms with Crippen LogP contribution in [0.1, 0.15) is 15.9 Å². The smallest absolute Gasteiger partial charge is 0.255 e. The lowest BCUT2D eigenvalue weighted by atomic mass is 9.99. The number of methoxy groups -OCH3 is 2. The molecule has 0 bridgehead atoms. The second-order valence-electron chi connectivity index (χ2n) is 7.21. The van der Waals surface area contributed by atoms with Gasteiger partial charge in [0.15, 0.2) is 0 Å². The van der Waals surface area contributed by atoms with Gasteiger partial charge < -0.3 is 44.7 Å². The van der Waals surface area contributed by atoms with E-state index in [0.29, 0.717) is 11.5 Å². The first-order valence-electron chi connectivity index (χ1n) is 9.94. The maximum Gasteiger partial charge on any atom is 0.255 e. The van der Waals surface area contributed by atoms with Gasteiger partial charge >= 0.3 is 0 Å². The average Bonchev–Trinajstić information content (AvgIpc) is 2.83. The lowest BCUT2D eigenvalue weighted by Crippen LogP contribution is -2.60. The van der Waals surface area contributed by atoms with Gasteiger partial charge in [-0.15, -0.1) is 0 Å². The molecule has 1 fully saturated rings. The molecule has 174 valence electrons. The Morgan fingerprint density at radius 2 is 1.62 bits per heavy atom. The summed E-state index contributed by atoms with van der Waals surface area (Å²) in [4.78, 5) is 12.9. The standard InChI is InChI=1S/C22H27NO9/c1-29-13-5-3-12(4-6-13)10-23-21(28)15-9-14(30-2)7-8-16(15)31-22-20(27)19(26)18(25)17(11-24)32-22/h3-9,17-20,22,24-27H,10-11H2,1-2H3,(H,23,28)/t17-,18-,19+,20-,22-/m1/s1. The first kappa shape index (κ1) is 23.8. The Bertz CT molecular complexity index is 903. The highest BCUT2D eigenvalue weighted by atomic mass is 16.7. The number of amides is 1. The third-order valence-electron chi connectivity index (χ3n) is 5.14. The van der Waals surface area contributed by atoms with Crippen molar-refractivity contribution >= 4 is 5.91 Å². The Morgan fingerprint density at radius 3 is 2.25 bits per heavy atom. The first-order valence-corrected chi connectivity index (χ1v) is 9.94. The highest BCUT2D eigenvalue weighted by molar-refractivity contribution is 5.97. The molecule has 10 nitrogen and oxygen atoms in total. The van der Waals surface area contributed by atoms with Gasteiger partial charge in [-0.3, -0.25) is 4.79 Å². The molecule has 3 rings (SSSR count). The van der Waals surface area contributed by atoms with Gasteiger partial charge in [0.25, 0.3) is 5.91 Å². The molecule has 10 heteroatoms. The van der Waals surface area contributed by atoms with Gasteiger partial charge in [-0.1, -0.05) is 12.1 Å². The van der Waals surface area contributed by atoms with Crippen molar-refractivity contribution in [3.8, 4) is 17.2 Å². The maximum absolute atomic E-state index is 12.9. The van der Waals surface area contributed by atoms with Crippen molar-refractivity contribution in [3.63, 3.8) is 0 Å². The van der Waals surface area contributed by atoms with E-state index in [0.717, 1.165) is 5.56 Å². The van der Waals surface area contributed by atoms with Gasteiger partial charge in [-0.05, 0) is 35.9 Å². The predicted molar refractivity (Wildman–Crippen MR) is 112 cm³/mol. The van der Waals surface area contributed by atoms with E-state index >= 15 is 0 Å². The van der Waals surface area contributed by atoms with Crippen LogP contribution in [0.3, 0.4) is 0 Å². The molecule has 1 saturated heterocycles. The van der Waals surface area contributed by atoms with Crippen LogP contribution in [0.4, 0.5) is 0 Å². The van der Waals surface area contributed by atoms with E-state index < -0.39 is 43.2 Å². The number of rotatable bonds is 8. The van der Waals surface area contributed by atoms with Crippen LogP contribution in [0.15, 0.2) is 42.5 Å². The van der Waals surface area contributed by atoms with Crippen molar-refractivity contribution < 1.29 is 44.2 Å². The topological polar surface area (TPSA) is 147 Å². The average molecular weight is 449 g/mol. The Labute approximate surface area is 184 Å².